The van der Waals surface area contributed by atoms with Crippen LogP contribution in [0.15, 0.2) is 6.07 Å². The molecule has 0 spiro atoms. The van der Waals surface area contributed by atoms with E-state index >= 15 is 0 Å². The molecule has 1 aliphatic heterocycles. The Balaban J connectivity index is 2.05. The van der Waals surface area contributed by atoms with Gasteiger partial charge in [-0.1, -0.05) is 13.3 Å². The van der Waals surface area contributed by atoms with E-state index in [4.69, 9.17) is 5.84 Å². The van der Waals surface area contributed by atoms with Gasteiger partial charge in [0.25, 0.3) is 0 Å². The molecule has 2 rings (SSSR count). The number of carbonyl (C=O) groups excluding carboxylic acids is 1. The van der Waals surface area contributed by atoms with E-state index in [1.54, 1.807) is 6.07 Å². The van der Waals surface area contributed by atoms with Gasteiger partial charge in [0.2, 0.25) is 5.91 Å². The van der Waals surface area contributed by atoms with E-state index in [9.17, 15) is 4.79 Å². The van der Waals surface area contributed by atoms with Crippen LogP contribution in [0.5, 0.6) is 0 Å². The number of nitrogen functional groups attached to an aromatic ring is 1. The number of likely N-dealkylation sites (tertiary alicyclic amines) is 1. The second-order valence-corrected chi connectivity index (χ2v) is 5.09. The maximum Gasteiger partial charge on any atom is 0.223 e. The fraction of sp³-hybridized carbons (Fsp3) is 0.615. The second-order valence-electron chi connectivity index (χ2n) is 5.09. The van der Waals surface area contributed by atoms with Crippen molar-refractivity contribution in [1.29, 1.82) is 0 Å². The summed E-state index contributed by atoms with van der Waals surface area (Å²) >= 11 is 0. The number of aromatic nitrogens is 2. The van der Waals surface area contributed by atoms with Crippen molar-refractivity contribution >= 4 is 11.7 Å². The van der Waals surface area contributed by atoms with Gasteiger partial charge >= 0.3 is 0 Å². The van der Waals surface area contributed by atoms with Crippen molar-refractivity contribution in [1.82, 2.24) is 14.9 Å². The van der Waals surface area contributed by atoms with Crippen LogP contribution < -0.4 is 11.3 Å². The summed E-state index contributed by atoms with van der Waals surface area (Å²) in [5, 5.41) is 0. The number of nitrogens with zero attached hydrogens (tertiary/aromatic N) is 3. The summed E-state index contributed by atoms with van der Waals surface area (Å²) in [4.78, 5) is 22.4. The molecule has 0 saturated carbocycles. The third-order valence-electron chi connectivity index (χ3n) is 3.37. The summed E-state index contributed by atoms with van der Waals surface area (Å²) in [6, 6.07) is 1.77. The van der Waals surface area contributed by atoms with Crippen molar-refractivity contribution in [2.75, 3.05) is 12.0 Å². The average molecular weight is 263 g/mol. The van der Waals surface area contributed by atoms with Crippen LogP contribution in [0.25, 0.3) is 0 Å². The smallest absolute Gasteiger partial charge is 0.223 e. The normalized spacial score (nSPS) is 19.0. The summed E-state index contributed by atoms with van der Waals surface area (Å²) in [5.74, 6) is 7.26. The number of rotatable bonds is 5. The summed E-state index contributed by atoms with van der Waals surface area (Å²) in [6.07, 6.45) is 2.88. The number of aryl methyl sites for hydroxylation is 1. The lowest BCUT2D eigenvalue weighted by molar-refractivity contribution is -0.128. The third-order valence-corrected chi connectivity index (χ3v) is 3.37. The van der Waals surface area contributed by atoms with Crippen molar-refractivity contribution < 1.29 is 4.79 Å². The Morgan fingerprint density at radius 1 is 1.53 bits per heavy atom. The molecule has 0 aliphatic carbocycles. The molecular formula is C13H21N5O. The highest BCUT2D eigenvalue weighted by Crippen LogP contribution is 2.23. The van der Waals surface area contributed by atoms with Gasteiger partial charge in [0.1, 0.15) is 11.6 Å². The number of anilines is 1. The van der Waals surface area contributed by atoms with Crippen molar-refractivity contribution in [3.63, 3.8) is 0 Å². The van der Waals surface area contributed by atoms with Gasteiger partial charge in [0.05, 0.1) is 6.54 Å². The highest BCUT2D eigenvalue weighted by Gasteiger charge is 2.29. The van der Waals surface area contributed by atoms with Crippen molar-refractivity contribution in [2.45, 2.75) is 39.7 Å². The van der Waals surface area contributed by atoms with Gasteiger partial charge in [0.15, 0.2) is 0 Å². The Bertz CT molecular complexity index is 462. The maximum absolute atomic E-state index is 11.9. The molecule has 1 saturated heterocycles. The van der Waals surface area contributed by atoms with Crippen molar-refractivity contribution in [3.8, 4) is 0 Å². The number of hydrogen-bond acceptors (Lipinski definition) is 5. The Labute approximate surface area is 113 Å². The number of hydrogen-bond donors (Lipinski definition) is 2. The number of nitrogens with one attached hydrogen (secondary N) is 1. The highest BCUT2D eigenvalue weighted by atomic mass is 16.2. The zero-order chi connectivity index (χ0) is 13.8. The molecule has 6 nitrogen and oxygen atoms in total. The zero-order valence-corrected chi connectivity index (χ0v) is 11.5. The van der Waals surface area contributed by atoms with E-state index in [0.717, 1.165) is 25.1 Å². The number of nitrogens with two attached hydrogens (primary N) is 1. The van der Waals surface area contributed by atoms with Crippen LogP contribution in [0, 0.1) is 12.8 Å². The fourth-order valence-corrected chi connectivity index (χ4v) is 2.55. The lowest BCUT2D eigenvalue weighted by Gasteiger charge is -2.16. The number of carbonyl (C=O) groups is 1. The molecule has 1 aliphatic rings. The molecule has 0 bridgehead atoms. The predicted molar refractivity (Wildman–Crippen MR) is 73.0 cm³/mol. The number of hydrazine groups is 1. The molecule has 2 heterocycles. The molecule has 104 valence electrons. The Morgan fingerprint density at radius 2 is 2.32 bits per heavy atom. The van der Waals surface area contributed by atoms with Gasteiger partial charge in [-0.15, -0.1) is 0 Å². The van der Waals surface area contributed by atoms with Gasteiger partial charge in [-0.3, -0.25) is 4.79 Å². The summed E-state index contributed by atoms with van der Waals surface area (Å²) in [7, 11) is 0. The summed E-state index contributed by atoms with van der Waals surface area (Å²) in [5.41, 5.74) is 3.36. The second kappa shape index (κ2) is 5.97. The fourth-order valence-electron chi connectivity index (χ4n) is 2.55. The number of amides is 1. The molecule has 19 heavy (non-hydrogen) atoms. The van der Waals surface area contributed by atoms with Crippen LogP contribution in [0.4, 0.5) is 5.82 Å². The van der Waals surface area contributed by atoms with Crippen LogP contribution in [-0.4, -0.2) is 27.3 Å². The summed E-state index contributed by atoms with van der Waals surface area (Å²) in [6.45, 7) is 5.32. The quantitative estimate of drug-likeness (QED) is 0.616. The lowest BCUT2D eigenvalue weighted by atomic mass is 10.0. The van der Waals surface area contributed by atoms with Gasteiger partial charge in [-0.2, -0.15) is 0 Å². The minimum absolute atomic E-state index is 0.200. The molecule has 1 atom stereocenters. The summed E-state index contributed by atoms with van der Waals surface area (Å²) < 4.78 is 0. The van der Waals surface area contributed by atoms with Crippen molar-refractivity contribution in [3.05, 3.63) is 17.6 Å². The van der Waals surface area contributed by atoms with Crippen LogP contribution >= 0.6 is 0 Å². The van der Waals surface area contributed by atoms with E-state index in [1.165, 1.54) is 0 Å². The Kier molecular flexibility index (Phi) is 4.31. The molecule has 1 amide bonds. The molecule has 3 N–H and O–H groups in total. The SMILES string of the molecule is CCCC1CC(=O)N(Cc2nc(C)cc(NN)n2)C1. The molecule has 0 radical (unpaired) electrons. The van der Waals surface area contributed by atoms with E-state index in [1.807, 2.05) is 11.8 Å². The van der Waals surface area contributed by atoms with E-state index in [2.05, 4.69) is 22.3 Å². The van der Waals surface area contributed by atoms with Gasteiger partial charge in [-0.05, 0) is 19.3 Å². The molecular weight excluding hydrogens is 242 g/mol. The van der Waals surface area contributed by atoms with Crippen LogP contribution in [0.3, 0.4) is 0 Å². The first-order valence-corrected chi connectivity index (χ1v) is 6.71. The highest BCUT2D eigenvalue weighted by molar-refractivity contribution is 5.78. The van der Waals surface area contributed by atoms with Crippen molar-refractivity contribution in [2.24, 2.45) is 11.8 Å². The first-order valence-electron chi connectivity index (χ1n) is 6.71. The van der Waals surface area contributed by atoms with E-state index in [-0.39, 0.29) is 5.91 Å². The van der Waals surface area contributed by atoms with Gasteiger partial charge < -0.3 is 10.3 Å². The molecule has 1 fully saturated rings. The Morgan fingerprint density at radius 3 is 3.00 bits per heavy atom. The largest absolute Gasteiger partial charge is 0.335 e. The van der Waals surface area contributed by atoms with Gasteiger partial charge in [0, 0.05) is 24.7 Å². The molecule has 1 unspecified atom stereocenters. The minimum atomic E-state index is 0.200. The third kappa shape index (κ3) is 3.41. The average Bonchev–Trinajstić information content (AvgIpc) is 2.69. The topological polar surface area (TPSA) is 84.1 Å². The molecule has 6 heteroatoms. The predicted octanol–water partition coefficient (Wildman–Crippen LogP) is 1.22. The first kappa shape index (κ1) is 13.7. The Hall–Kier alpha value is -1.69. The van der Waals surface area contributed by atoms with Crippen LogP contribution in [0.2, 0.25) is 0 Å². The lowest BCUT2D eigenvalue weighted by Crippen LogP contribution is -2.26. The molecule has 1 aromatic rings. The first-order chi connectivity index (χ1) is 9.12. The van der Waals surface area contributed by atoms with Crippen LogP contribution in [0.1, 0.15) is 37.7 Å². The standard InChI is InChI=1S/C13H21N5O/c1-3-4-10-6-13(19)18(7-10)8-12-15-9(2)5-11(16-12)17-14/h5,10H,3-4,6-8,14H2,1-2H3,(H,15,16,17). The molecule has 1 aromatic heterocycles. The van der Waals surface area contributed by atoms with E-state index < -0.39 is 0 Å². The maximum atomic E-state index is 11.9. The minimum Gasteiger partial charge on any atom is -0.335 e. The van der Waals surface area contributed by atoms with Gasteiger partial charge in [-0.25, -0.2) is 15.8 Å². The zero-order valence-electron chi connectivity index (χ0n) is 11.5. The van der Waals surface area contributed by atoms with Crippen LogP contribution in [-0.2, 0) is 11.3 Å². The monoisotopic (exact) mass is 263 g/mol. The van der Waals surface area contributed by atoms with E-state index in [0.29, 0.717) is 30.5 Å². The molecule has 0 aromatic carbocycles.